The van der Waals surface area contributed by atoms with Crippen LogP contribution in [0.1, 0.15) is 46.2 Å². The number of primary amides is 1. The van der Waals surface area contributed by atoms with Crippen molar-refractivity contribution in [2.75, 3.05) is 13.1 Å². The molecule has 1 aliphatic rings. The number of likely N-dealkylation sites (tertiary alicyclic amines) is 1. The third kappa shape index (κ3) is 4.02. The first kappa shape index (κ1) is 17.1. The topological polar surface area (TPSA) is 89.2 Å². The van der Waals surface area contributed by atoms with Crippen molar-refractivity contribution >= 4 is 11.8 Å². The number of aromatic nitrogens is 2. The molecule has 0 aliphatic carbocycles. The highest BCUT2D eigenvalue weighted by Gasteiger charge is 2.29. The zero-order valence-corrected chi connectivity index (χ0v) is 14.3. The second-order valence-corrected chi connectivity index (χ2v) is 6.40. The number of rotatable bonds is 5. The van der Waals surface area contributed by atoms with Crippen molar-refractivity contribution in [1.29, 1.82) is 0 Å². The summed E-state index contributed by atoms with van der Waals surface area (Å²) in [5.41, 5.74) is 7.40. The number of aryl methyl sites for hydroxylation is 2. The summed E-state index contributed by atoms with van der Waals surface area (Å²) in [5, 5.41) is 0. The first-order chi connectivity index (χ1) is 12.0. The van der Waals surface area contributed by atoms with E-state index in [2.05, 4.69) is 9.97 Å². The lowest BCUT2D eigenvalue weighted by atomic mass is 10.1. The highest BCUT2D eigenvalue weighted by Crippen LogP contribution is 2.25. The van der Waals surface area contributed by atoms with Gasteiger partial charge in [-0.05, 0) is 25.3 Å². The van der Waals surface area contributed by atoms with Crippen LogP contribution >= 0.6 is 0 Å². The van der Waals surface area contributed by atoms with Crippen LogP contribution in [0.15, 0.2) is 36.5 Å². The Morgan fingerprint density at radius 1 is 1.28 bits per heavy atom. The Bertz CT molecular complexity index is 776. The number of nitrogens with two attached hydrogens (primary N) is 1. The molecule has 130 valence electrons. The molecule has 2 aromatic rings. The van der Waals surface area contributed by atoms with Crippen LogP contribution < -0.4 is 5.73 Å². The third-order valence-corrected chi connectivity index (χ3v) is 4.64. The number of nitrogens with zero attached hydrogens (tertiary/aromatic N) is 3. The van der Waals surface area contributed by atoms with Crippen LogP contribution in [0, 0.1) is 6.92 Å². The van der Waals surface area contributed by atoms with Gasteiger partial charge in [-0.15, -0.1) is 0 Å². The summed E-state index contributed by atoms with van der Waals surface area (Å²) in [5.74, 6) is 0.437. The van der Waals surface area contributed by atoms with E-state index in [0.29, 0.717) is 30.0 Å². The van der Waals surface area contributed by atoms with Gasteiger partial charge >= 0.3 is 0 Å². The first-order valence-electron chi connectivity index (χ1n) is 8.49. The van der Waals surface area contributed by atoms with Crippen molar-refractivity contribution in [3.63, 3.8) is 0 Å². The molecule has 1 saturated heterocycles. The van der Waals surface area contributed by atoms with Crippen molar-refractivity contribution in [1.82, 2.24) is 14.9 Å². The predicted molar refractivity (Wildman–Crippen MR) is 94.0 cm³/mol. The Kier molecular flexibility index (Phi) is 5.07. The number of amides is 2. The van der Waals surface area contributed by atoms with E-state index < -0.39 is 5.91 Å². The normalized spacial score (nSPS) is 16.8. The average Bonchev–Trinajstić information content (AvgIpc) is 3.10. The van der Waals surface area contributed by atoms with E-state index in [1.54, 1.807) is 6.92 Å². The molecule has 25 heavy (non-hydrogen) atoms. The SMILES string of the molecule is Cc1nc(C2CCN(C(=O)CCc3ccccc3)C2)ncc1C(N)=O. The van der Waals surface area contributed by atoms with E-state index in [1.807, 2.05) is 35.2 Å². The van der Waals surface area contributed by atoms with E-state index in [1.165, 1.54) is 11.8 Å². The first-order valence-corrected chi connectivity index (χ1v) is 8.49. The van der Waals surface area contributed by atoms with Gasteiger partial charge in [0, 0.05) is 31.6 Å². The molecule has 0 radical (unpaired) electrons. The van der Waals surface area contributed by atoms with Crippen LogP contribution in [0.25, 0.3) is 0 Å². The Balaban J connectivity index is 1.58. The van der Waals surface area contributed by atoms with Crippen LogP contribution in [-0.2, 0) is 11.2 Å². The molecule has 2 N–H and O–H groups in total. The van der Waals surface area contributed by atoms with Crippen molar-refractivity contribution in [2.45, 2.75) is 32.1 Å². The molecule has 6 nitrogen and oxygen atoms in total. The Morgan fingerprint density at radius 2 is 2.04 bits per heavy atom. The minimum absolute atomic E-state index is 0.112. The monoisotopic (exact) mass is 338 g/mol. The molecule has 1 aromatic carbocycles. The summed E-state index contributed by atoms with van der Waals surface area (Å²) >= 11 is 0. The second kappa shape index (κ2) is 7.42. The molecule has 1 atom stereocenters. The van der Waals surface area contributed by atoms with E-state index in [0.717, 1.165) is 19.4 Å². The zero-order chi connectivity index (χ0) is 17.8. The molecule has 1 unspecified atom stereocenters. The van der Waals surface area contributed by atoms with Crippen molar-refractivity contribution in [2.24, 2.45) is 5.73 Å². The van der Waals surface area contributed by atoms with Crippen LogP contribution in [0.5, 0.6) is 0 Å². The summed E-state index contributed by atoms with van der Waals surface area (Å²) in [7, 11) is 0. The largest absolute Gasteiger partial charge is 0.365 e. The van der Waals surface area contributed by atoms with Gasteiger partial charge in [-0.25, -0.2) is 9.97 Å². The molecule has 1 aliphatic heterocycles. The maximum absolute atomic E-state index is 12.4. The fraction of sp³-hybridized carbons (Fsp3) is 0.368. The van der Waals surface area contributed by atoms with Gasteiger partial charge in [0.05, 0.1) is 11.3 Å². The van der Waals surface area contributed by atoms with Gasteiger partial charge in [-0.1, -0.05) is 30.3 Å². The van der Waals surface area contributed by atoms with Crippen molar-refractivity contribution in [3.8, 4) is 0 Å². The maximum Gasteiger partial charge on any atom is 0.252 e. The van der Waals surface area contributed by atoms with Crippen LogP contribution in [-0.4, -0.2) is 39.8 Å². The third-order valence-electron chi connectivity index (χ3n) is 4.64. The van der Waals surface area contributed by atoms with Gasteiger partial charge in [0.15, 0.2) is 0 Å². The van der Waals surface area contributed by atoms with Gasteiger partial charge in [0.25, 0.3) is 5.91 Å². The Hall–Kier alpha value is -2.76. The standard InChI is InChI=1S/C19H22N4O2/c1-13-16(18(20)25)11-21-19(22-13)15-9-10-23(12-15)17(24)8-7-14-5-3-2-4-6-14/h2-6,11,15H,7-10,12H2,1H3,(H2,20,25). The van der Waals surface area contributed by atoms with Crippen molar-refractivity contribution in [3.05, 3.63) is 59.2 Å². The molecule has 0 saturated carbocycles. The zero-order valence-electron chi connectivity index (χ0n) is 14.3. The number of carbonyl (C=O) groups excluding carboxylic acids is 2. The molecule has 6 heteroatoms. The van der Waals surface area contributed by atoms with Crippen LogP contribution in [0.4, 0.5) is 0 Å². The minimum atomic E-state index is -0.520. The maximum atomic E-state index is 12.4. The lowest BCUT2D eigenvalue weighted by molar-refractivity contribution is -0.130. The number of hydrogen-bond acceptors (Lipinski definition) is 4. The number of carbonyl (C=O) groups is 2. The average molecular weight is 338 g/mol. The van der Waals surface area contributed by atoms with Gasteiger partial charge in [-0.2, -0.15) is 0 Å². The highest BCUT2D eigenvalue weighted by atomic mass is 16.2. The van der Waals surface area contributed by atoms with Crippen LogP contribution in [0.3, 0.4) is 0 Å². The molecule has 2 amide bonds. The van der Waals surface area contributed by atoms with Gasteiger partial charge in [0.2, 0.25) is 5.91 Å². The second-order valence-electron chi connectivity index (χ2n) is 6.40. The number of hydrogen-bond donors (Lipinski definition) is 1. The van der Waals surface area contributed by atoms with E-state index >= 15 is 0 Å². The van der Waals surface area contributed by atoms with Crippen LogP contribution in [0.2, 0.25) is 0 Å². The predicted octanol–water partition coefficient (Wildman–Crippen LogP) is 1.83. The molecule has 3 rings (SSSR count). The summed E-state index contributed by atoms with van der Waals surface area (Å²) in [6, 6.07) is 10.0. The van der Waals surface area contributed by atoms with Gasteiger partial charge < -0.3 is 10.6 Å². The molecular weight excluding hydrogens is 316 g/mol. The summed E-state index contributed by atoms with van der Waals surface area (Å²) in [4.78, 5) is 34.3. The molecule has 0 spiro atoms. The van der Waals surface area contributed by atoms with Gasteiger partial charge in [-0.3, -0.25) is 9.59 Å². The summed E-state index contributed by atoms with van der Waals surface area (Å²) < 4.78 is 0. The van der Waals surface area contributed by atoms with Gasteiger partial charge in [0.1, 0.15) is 5.82 Å². The highest BCUT2D eigenvalue weighted by molar-refractivity contribution is 5.93. The summed E-state index contributed by atoms with van der Waals surface area (Å²) in [6.07, 6.45) is 3.59. The van der Waals surface area contributed by atoms with Crippen molar-refractivity contribution < 1.29 is 9.59 Å². The molecule has 1 aromatic heterocycles. The van der Waals surface area contributed by atoms with E-state index in [-0.39, 0.29) is 11.8 Å². The quantitative estimate of drug-likeness (QED) is 0.901. The Labute approximate surface area is 147 Å². The molecular formula is C19H22N4O2. The van der Waals surface area contributed by atoms with E-state index in [4.69, 9.17) is 5.73 Å². The lowest BCUT2D eigenvalue weighted by Crippen LogP contribution is -2.28. The molecule has 0 bridgehead atoms. The fourth-order valence-electron chi connectivity index (χ4n) is 3.18. The fourth-order valence-corrected chi connectivity index (χ4v) is 3.18. The minimum Gasteiger partial charge on any atom is -0.365 e. The van der Waals surface area contributed by atoms with E-state index in [9.17, 15) is 9.59 Å². The number of benzene rings is 1. The smallest absolute Gasteiger partial charge is 0.252 e. The molecule has 1 fully saturated rings. The molecule has 2 heterocycles. The lowest BCUT2D eigenvalue weighted by Gasteiger charge is -2.16. The summed E-state index contributed by atoms with van der Waals surface area (Å²) in [6.45, 7) is 3.10. The Morgan fingerprint density at radius 3 is 2.72 bits per heavy atom.